The predicted molar refractivity (Wildman–Crippen MR) is 139 cm³/mol. The minimum Gasteiger partial charge on any atom is -0.493 e. The van der Waals surface area contributed by atoms with Crippen molar-refractivity contribution in [1.29, 1.82) is 0 Å². The van der Waals surface area contributed by atoms with E-state index in [2.05, 4.69) is 42.3 Å². The van der Waals surface area contributed by atoms with Gasteiger partial charge in [0.2, 0.25) is 11.8 Å². The van der Waals surface area contributed by atoms with Crippen molar-refractivity contribution >= 4 is 39.3 Å². The van der Waals surface area contributed by atoms with Gasteiger partial charge >= 0.3 is 0 Å². The smallest absolute Gasteiger partial charge is 0.251 e. The number of hydrazine groups is 1. The predicted octanol–water partition coefficient (Wildman–Crippen LogP) is 2.46. The van der Waals surface area contributed by atoms with Gasteiger partial charge in [0.05, 0.1) is 13.0 Å². The lowest BCUT2D eigenvalue weighted by Crippen LogP contribution is -2.43. The highest BCUT2D eigenvalue weighted by Gasteiger charge is 2.34. The van der Waals surface area contributed by atoms with E-state index in [1.165, 1.54) is 12.8 Å². The Morgan fingerprint density at radius 1 is 1.17 bits per heavy atom. The molecule has 3 heterocycles. The number of benzene rings is 2. The third kappa shape index (κ3) is 5.55. The number of fused-ring (bicyclic) bond motifs is 2. The second-order valence-corrected chi connectivity index (χ2v) is 10.3. The van der Waals surface area contributed by atoms with Crippen molar-refractivity contribution in [2.45, 2.75) is 38.1 Å². The summed E-state index contributed by atoms with van der Waals surface area (Å²) in [6, 6.07) is 8.34. The second-order valence-electron chi connectivity index (χ2n) is 9.41. The van der Waals surface area contributed by atoms with Gasteiger partial charge < -0.3 is 20.3 Å². The zero-order chi connectivity index (χ0) is 25.1. The van der Waals surface area contributed by atoms with Gasteiger partial charge in [0, 0.05) is 34.3 Å². The van der Waals surface area contributed by atoms with Gasteiger partial charge in [0.25, 0.3) is 5.91 Å². The maximum absolute atomic E-state index is 12.7. The van der Waals surface area contributed by atoms with Gasteiger partial charge in [-0.1, -0.05) is 28.1 Å². The van der Waals surface area contributed by atoms with E-state index in [1.807, 2.05) is 18.2 Å². The average Bonchev–Trinajstić information content (AvgIpc) is 3.60. The lowest BCUT2D eigenvalue weighted by Gasteiger charge is -2.15. The first kappa shape index (κ1) is 24.7. The van der Waals surface area contributed by atoms with E-state index >= 15 is 0 Å². The van der Waals surface area contributed by atoms with E-state index in [4.69, 9.17) is 4.74 Å². The van der Waals surface area contributed by atoms with E-state index in [1.54, 1.807) is 12.1 Å². The lowest BCUT2D eigenvalue weighted by molar-refractivity contribution is -0.122. The fraction of sp³-hybridized carbons (Fsp3) is 0.423. The summed E-state index contributed by atoms with van der Waals surface area (Å²) in [5.74, 6) is 0.134. The molecule has 1 unspecified atom stereocenters. The number of halogens is 1. The number of carbonyl (C=O) groups excluding carboxylic acids is 3. The van der Waals surface area contributed by atoms with Gasteiger partial charge in [-0.2, -0.15) is 0 Å². The molecule has 190 valence electrons. The zero-order valence-corrected chi connectivity index (χ0v) is 21.6. The molecule has 2 aromatic rings. The topological polar surface area (TPSA) is 112 Å². The first-order valence-electron chi connectivity index (χ1n) is 12.4. The number of carbonyl (C=O) groups is 3. The van der Waals surface area contributed by atoms with Crippen LogP contribution in [0.3, 0.4) is 0 Å². The van der Waals surface area contributed by atoms with Crippen molar-refractivity contribution in [2.24, 2.45) is 0 Å². The molecule has 3 amide bonds. The maximum atomic E-state index is 12.7. The first-order valence-corrected chi connectivity index (χ1v) is 13.2. The van der Waals surface area contributed by atoms with Crippen LogP contribution in [0.15, 0.2) is 34.8 Å². The minimum atomic E-state index is -0.774. The van der Waals surface area contributed by atoms with E-state index in [9.17, 15) is 14.4 Å². The number of likely N-dealkylation sites (tertiary alicyclic amines) is 1. The largest absolute Gasteiger partial charge is 0.493 e. The van der Waals surface area contributed by atoms with Gasteiger partial charge in [0.15, 0.2) is 0 Å². The highest BCUT2D eigenvalue weighted by Crippen LogP contribution is 2.37. The van der Waals surface area contributed by atoms with Crippen LogP contribution in [0.1, 0.15) is 52.4 Å². The van der Waals surface area contributed by atoms with Gasteiger partial charge in [0.1, 0.15) is 11.8 Å². The molecular weight excluding hydrogens is 526 g/mol. The van der Waals surface area contributed by atoms with E-state index in [-0.39, 0.29) is 24.1 Å². The van der Waals surface area contributed by atoms with Crippen LogP contribution < -0.4 is 26.2 Å². The molecular formula is C26H30BrN5O4. The molecule has 0 bridgehead atoms. The molecule has 1 atom stereocenters. The molecule has 0 aliphatic carbocycles. The molecule has 5 rings (SSSR count). The number of nitrogens with one attached hydrogen (secondary N) is 4. The summed E-state index contributed by atoms with van der Waals surface area (Å²) in [5, 5.41) is 5.77. The van der Waals surface area contributed by atoms with Crippen molar-refractivity contribution < 1.29 is 19.1 Å². The minimum absolute atomic E-state index is 0.180. The molecule has 3 aliphatic heterocycles. The highest BCUT2D eigenvalue weighted by atomic mass is 79.9. The number of anilines is 1. The molecule has 4 N–H and O–H groups in total. The highest BCUT2D eigenvalue weighted by molar-refractivity contribution is 9.10. The third-order valence-electron chi connectivity index (χ3n) is 6.81. The van der Waals surface area contributed by atoms with Crippen LogP contribution in [-0.4, -0.2) is 55.4 Å². The van der Waals surface area contributed by atoms with Crippen LogP contribution in [0, 0.1) is 0 Å². The Kier molecular flexibility index (Phi) is 7.54. The Morgan fingerprint density at radius 2 is 2.00 bits per heavy atom. The third-order valence-corrected chi connectivity index (χ3v) is 7.47. The standard InChI is InChI=1S/C26H30BrN5O4/c27-19-14-18(25(34)28-7-3-10-32-8-1-2-9-32)15-20-23(19)24(26(35)29-20)31-30-22(33)13-16-4-5-21-17(12-16)6-11-36-21/h4-5,12,14-15,24,31H,1-3,6-11,13H2,(H,28,34)(H,29,35)(H,30,33). The van der Waals surface area contributed by atoms with Crippen molar-refractivity contribution in [1.82, 2.24) is 21.1 Å². The number of hydrogen-bond donors (Lipinski definition) is 4. The summed E-state index contributed by atoms with van der Waals surface area (Å²) in [4.78, 5) is 40.3. The fourth-order valence-corrected chi connectivity index (χ4v) is 5.65. The van der Waals surface area contributed by atoms with Crippen molar-refractivity contribution in [3.8, 4) is 5.75 Å². The van der Waals surface area contributed by atoms with Crippen LogP contribution in [0.5, 0.6) is 5.75 Å². The van der Waals surface area contributed by atoms with E-state index in [0.29, 0.717) is 34.4 Å². The van der Waals surface area contributed by atoms with Crippen LogP contribution in [0.25, 0.3) is 0 Å². The lowest BCUT2D eigenvalue weighted by atomic mass is 10.1. The second kappa shape index (κ2) is 11.0. The Morgan fingerprint density at radius 3 is 2.83 bits per heavy atom. The van der Waals surface area contributed by atoms with Crippen LogP contribution in [0.4, 0.5) is 5.69 Å². The molecule has 0 spiro atoms. The molecule has 0 saturated carbocycles. The number of rotatable bonds is 9. The Labute approximate surface area is 218 Å². The maximum Gasteiger partial charge on any atom is 0.251 e. The summed E-state index contributed by atoms with van der Waals surface area (Å²) >= 11 is 3.51. The molecule has 1 saturated heterocycles. The van der Waals surface area contributed by atoms with Crippen LogP contribution >= 0.6 is 15.9 Å². The summed E-state index contributed by atoms with van der Waals surface area (Å²) in [6.07, 6.45) is 4.43. The summed E-state index contributed by atoms with van der Waals surface area (Å²) in [6.45, 7) is 4.54. The van der Waals surface area contributed by atoms with Gasteiger partial charge in [-0.05, 0) is 68.2 Å². The van der Waals surface area contributed by atoms with Gasteiger partial charge in [-0.25, -0.2) is 5.43 Å². The fourth-order valence-electron chi connectivity index (χ4n) is 4.96. The van der Waals surface area contributed by atoms with Crippen LogP contribution in [0.2, 0.25) is 0 Å². The molecule has 10 heteroatoms. The SMILES string of the molecule is O=C(Cc1ccc2c(c1)CCO2)NNC1C(=O)Nc2cc(C(=O)NCCCN3CCCC3)cc(Br)c21. The molecule has 0 aromatic heterocycles. The Hall–Kier alpha value is -2.95. The van der Waals surface area contributed by atoms with Crippen molar-refractivity contribution in [3.63, 3.8) is 0 Å². The molecule has 36 heavy (non-hydrogen) atoms. The summed E-state index contributed by atoms with van der Waals surface area (Å²) < 4.78 is 6.12. The van der Waals surface area contributed by atoms with E-state index < -0.39 is 6.04 Å². The number of amides is 3. The average molecular weight is 556 g/mol. The summed E-state index contributed by atoms with van der Waals surface area (Å²) in [5.41, 5.74) is 9.14. The zero-order valence-electron chi connectivity index (χ0n) is 20.0. The monoisotopic (exact) mass is 555 g/mol. The van der Waals surface area contributed by atoms with Gasteiger partial charge in [-0.15, -0.1) is 0 Å². The number of hydrogen-bond acceptors (Lipinski definition) is 6. The van der Waals surface area contributed by atoms with Crippen molar-refractivity contribution in [3.05, 3.63) is 57.1 Å². The van der Waals surface area contributed by atoms with Crippen LogP contribution in [-0.2, 0) is 22.4 Å². The van der Waals surface area contributed by atoms with Crippen molar-refractivity contribution in [2.75, 3.05) is 38.1 Å². The molecule has 2 aromatic carbocycles. The normalized spacial score (nSPS) is 18.4. The molecule has 3 aliphatic rings. The molecule has 0 radical (unpaired) electrons. The molecule has 9 nitrogen and oxygen atoms in total. The summed E-state index contributed by atoms with van der Waals surface area (Å²) in [7, 11) is 0. The number of nitrogens with zero attached hydrogens (tertiary/aromatic N) is 1. The van der Waals surface area contributed by atoms with E-state index in [0.717, 1.165) is 49.4 Å². The molecule has 1 fully saturated rings. The first-order chi connectivity index (χ1) is 17.5. The van der Waals surface area contributed by atoms with Gasteiger partial charge in [-0.3, -0.25) is 19.8 Å². The quantitative estimate of drug-likeness (QED) is 0.279. The Balaban J connectivity index is 1.15. The Bertz CT molecular complexity index is 1180. The number of ether oxygens (including phenoxy) is 1.